The number of hydrogen-bond donors (Lipinski definition) is 5. The molecule has 0 heterocycles. The van der Waals surface area contributed by atoms with Crippen LogP contribution >= 0.6 is 0 Å². The summed E-state index contributed by atoms with van der Waals surface area (Å²) < 4.78 is 10.5. The van der Waals surface area contributed by atoms with Crippen molar-refractivity contribution in [3.05, 3.63) is 0 Å². The quantitative estimate of drug-likeness (QED) is 0.222. The summed E-state index contributed by atoms with van der Waals surface area (Å²) in [4.78, 5) is 66.1. The summed E-state index contributed by atoms with van der Waals surface area (Å²) in [5.74, 6) is -3.89. The minimum atomic E-state index is -1.07. The summed E-state index contributed by atoms with van der Waals surface area (Å²) in [5.41, 5.74) is -1.72. The number of carbonyl (C=O) groups excluding carboxylic acids is 4. The van der Waals surface area contributed by atoms with Crippen LogP contribution in [0.2, 0.25) is 0 Å². The maximum absolute atomic E-state index is 13.3. The first kappa shape index (κ1) is 33.6. The molecule has 4 amide bonds. The number of ether oxygens (including phenoxy) is 2. The Morgan fingerprint density at radius 1 is 0.923 bits per heavy atom. The van der Waals surface area contributed by atoms with Crippen LogP contribution < -0.4 is 21.3 Å². The number of hydrogen-bond acceptors (Lipinski definition) is 7. The fraction of sp³-hybridized carbons (Fsp3) is 0.769. The van der Waals surface area contributed by atoms with Crippen molar-refractivity contribution in [1.82, 2.24) is 21.3 Å². The molecule has 1 rings (SSSR count). The molecule has 39 heavy (non-hydrogen) atoms. The molecular weight excluding hydrogens is 510 g/mol. The Kier molecular flexibility index (Phi) is 12.2. The van der Waals surface area contributed by atoms with Crippen molar-refractivity contribution < 1.29 is 38.6 Å². The van der Waals surface area contributed by atoms with Crippen molar-refractivity contribution in [2.24, 2.45) is 16.8 Å². The first-order valence-corrected chi connectivity index (χ1v) is 13.2. The number of amides is 4. The van der Waals surface area contributed by atoms with Crippen LogP contribution in [0.4, 0.5) is 9.59 Å². The second kappa shape index (κ2) is 14.1. The molecule has 0 aromatic carbocycles. The number of aliphatic carboxylic acids is 1. The standard InChI is InChI=1S/C26H45N5O8/c1-10-16(11-2)28-20(33)19(27-14(3)32)17-12-15(21(34)35)13-18(17)29-22(30-23(36)38-25(4,5)6)31-24(37)39-26(7,8)9/h15-19H,10-13H2,1-9H3,(H,27,32)(H,28,33)(H,34,35)(H2,29,30,31,36,37)/t15?,17-,18-,19?/m1/s1. The van der Waals surface area contributed by atoms with Gasteiger partial charge in [0.05, 0.1) is 5.92 Å². The van der Waals surface area contributed by atoms with Crippen LogP contribution in [-0.4, -0.2) is 70.4 Å². The second-order valence-electron chi connectivity index (χ2n) is 11.7. The van der Waals surface area contributed by atoms with E-state index in [-0.39, 0.29) is 24.8 Å². The average molecular weight is 556 g/mol. The van der Waals surface area contributed by atoms with Gasteiger partial charge in [-0.15, -0.1) is 4.99 Å². The van der Waals surface area contributed by atoms with E-state index in [2.05, 4.69) is 26.3 Å². The van der Waals surface area contributed by atoms with E-state index in [4.69, 9.17) is 9.47 Å². The van der Waals surface area contributed by atoms with Gasteiger partial charge in [0.2, 0.25) is 17.8 Å². The van der Waals surface area contributed by atoms with Gasteiger partial charge in [0, 0.05) is 24.9 Å². The van der Waals surface area contributed by atoms with Gasteiger partial charge in [-0.05, 0) is 67.2 Å². The number of carbonyl (C=O) groups is 5. The third-order valence-corrected chi connectivity index (χ3v) is 5.90. The zero-order valence-electron chi connectivity index (χ0n) is 24.5. The molecule has 1 aliphatic rings. The Labute approximate surface area is 230 Å². The van der Waals surface area contributed by atoms with Gasteiger partial charge in [0.15, 0.2) is 0 Å². The minimum absolute atomic E-state index is 0.0394. The fourth-order valence-electron chi connectivity index (χ4n) is 4.22. The van der Waals surface area contributed by atoms with Crippen LogP contribution in [-0.2, 0) is 23.9 Å². The van der Waals surface area contributed by atoms with Crippen molar-refractivity contribution in [2.45, 2.75) is 117 Å². The van der Waals surface area contributed by atoms with E-state index >= 15 is 0 Å². The minimum Gasteiger partial charge on any atom is -0.481 e. The van der Waals surface area contributed by atoms with Crippen molar-refractivity contribution in [3.63, 3.8) is 0 Å². The summed E-state index contributed by atoms with van der Waals surface area (Å²) in [5, 5.41) is 20.6. The predicted molar refractivity (Wildman–Crippen MR) is 144 cm³/mol. The average Bonchev–Trinajstić information content (AvgIpc) is 3.16. The highest BCUT2D eigenvalue weighted by molar-refractivity contribution is 5.99. The summed E-state index contributed by atoms with van der Waals surface area (Å²) in [6.45, 7) is 15.0. The molecule has 1 aliphatic carbocycles. The molecule has 4 atom stereocenters. The molecule has 0 saturated heterocycles. The van der Waals surface area contributed by atoms with E-state index < -0.39 is 65.1 Å². The summed E-state index contributed by atoms with van der Waals surface area (Å²) >= 11 is 0. The van der Waals surface area contributed by atoms with Crippen molar-refractivity contribution in [1.29, 1.82) is 0 Å². The molecule has 13 nitrogen and oxygen atoms in total. The Morgan fingerprint density at radius 3 is 1.95 bits per heavy atom. The molecule has 0 radical (unpaired) electrons. The number of rotatable bonds is 8. The molecule has 1 saturated carbocycles. The predicted octanol–water partition coefficient (Wildman–Crippen LogP) is 2.68. The number of carboxylic acids is 1. The molecular formula is C26H45N5O8. The van der Waals surface area contributed by atoms with Gasteiger partial charge < -0.3 is 30.5 Å². The number of guanidine groups is 1. The first-order valence-electron chi connectivity index (χ1n) is 13.2. The van der Waals surface area contributed by atoms with E-state index in [9.17, 15) is 29.1 Å². The van der Waals surface area contributed by atoms with E-state index in [0.29, 0.717) is 12.8 Å². The van der Waals surface area contributed by atoms with E-state index in [1.54, 1.807) is 41.5 Å². The summed E-state index contributed by atoms with van der Waals surface area (Å²) in [6, 6.07) is -1.98. The number of nitrogens with zero attached hydrogens (tertiary/aromatic N) is 1. The van der Waals surface area contributed by atoms with Gasteiger partial charge in [0.25, 0.3) is 0 Å². The molecule has 0 bridgehead atoms. The lowest BCUT2D eigenvalue weighted by molar-refractivity contribution is -0.141. The largest absolute Gasteiger partial charge is 0.481 e. The molecule has 5 N–H and O–H groups in total. The van der Waals surface area contributed by atoms with Gasteiger partial charge in [-0.1, -0.05) is 13.8 Å². The second-order valence-corrected chi connectivity index (χ2v) is 11.7. The van der Waals surface area contributed by atoms with Gasteiger partial charge in [0.1, 0.15) is 17.2 Å². The van der Waals surface area contributed by atoms with Crippen LogP contribution in [0.1, 0.15) is 88.0 Å². The lowest BCUT2D eigenvalue weighted by Crippen LogP contribution is -2.57. The van der Waals surface area contributed by atoms with Gasteiger partial charge in [-0.25, -0.2) is 9.59 Å². The Bertz CT molecular complexity index is 934. The molecule has 1 fully saturated rings. The molecule has 222 valence electrons. The summed E-state index contributed by atoms with van der Waals surface area (Å²) in [6.07, 6.45) is -0.475. The Morgan fingerprint density at radius 2 is 1.49 bits per heavy atom. The highest BCUT2D eigenvalue weighted by Crippen LogP contribution is 2.34. The van der Waals surface area contributed by atoms with Crippen molar-refractivity contribution in [3.8, 4) is 0 Å². The molecule has 0 aliphatic heterocycles. The van der Waals surface area contributed by atoms with Gasteiger partial charge in [-0.3, -0.25) is 19.7 Å². The lowest BCUT2D eigenvalue weighted by Gasteiger charge is -2.31. The number of alkyl carbamates (subject to hydrolysis) is 1. The molecule has 0 aromatic heterocycles. The highest BCUT2D eigenvalue weighted by Gasteiger charge is 2.45. The molecule has 2 unspecified atom stereocenters. The van der Waals surface area contributed by atoms with E-state index in [1.165, 1.54) is 6.92 Å². The Hall–Kier alpha value is -3.38. The van der Waals surface area contributed by atoms with Crippen LogP contribution in [0.15, 0.2) is 4.99 Å². The molecule has 0 spiro atoms. The first-order chi connectivity index (χ1) is 17.8. The van der Waals surface area contributed by atoms with Crippen molar-refractivity contribution in [2.75, 3.05) is 0 Å². The lowest BCUT2D eigenvalue weighted by atomic mass is 9.92. The van der Waals surface area contributed by atoms with Gasteiger partial charge in [-0.2, -0.15) is 0 Å². The molecule has 13 heteroatoms. The van der Waals surface area contributed by atoms with Gasteiger partial charge >= 0.3 is 18.2 Å². The third kappa shape index (κ3) is 12.3. The fourth-order valence-corrected chi connectivity index (χ4v) is 4.22. The Balaban J connectivity index is 3.40. The third-order valence-electron chi connectivity index (χ3n) is 5.90. The van der Waals surface area contributed by atoms with Crippen LogP contribution in [0.25, 0.3) is 0 Å². The van der Waals surface area contributed by atoms with Crippen LogP contribution in [0.3, 0.4) is 0 Å². The zero-order valence-corrected chi connectivity index (χ0v) is 24.5. The monoisotopic (exact) mass is 555 g/mol. The zero-order chi connectivity index (χ0) is 30.1. The normalized spacial score (nSPS) is 20.6. The number of nitrogens with one attached hydrogen (secondary N) is 4. The highest BCUT2D eigenvalue weighted by atomic mass is 16.6. The van der Waals surface area contributed by atoms with Crippen LogP contribution in [0.5, 0.6) is 0 Å². The topological polar surface area (TPSA) is 185 Å². The number of carboxylic acid groups (broad SMARTS) is 1. The SMILES string of the molecule is CCC(CC)NC(=O)C(NC(C)=O)[C@@H]1CC(C(=O)O)C[C@H]1N/C(=N/C(=O)OC(C)(C)C)NC(=O)OC(C)(C)C. The van der Waals surface area contributed by atoms with Crippen molar-refractivity contribution >= 4 is 35.9 Å². The smallest absolute Gasteiger partial charge is 0.437 e. The van der Waals surface area contributed by atoms with E-state index in [0.717, 1.165) is 0 Å². The maximum Gasteiger partial charge on any atom is 0.437 e. The van der Waals surface area contributed by atoms with E-state index in [1.807, 2.05) is 13.8 Å². The number of aliphatic imine (C=N–C) groups is 1. The maximum atomic E-state index is 13.3. The van der Waals surface area contributed by atoms with Crippen LogP contribution in [0, 0.1) is 11.8 Å². The molecule has 0 aromatic rings. The summed E-state index contributed by atoms with van der Waals surface area (Å²) in [7, 11) is 0.